The predicted octanol–water partition coefficient (Wildman–Crippen LogP) is 3.97. The zero-order valence-corrected chi connectivity index (χ0v) is 21.9. The van der Waals surface area contributed by atoms with Crippen LogP contribution in [-0.2, 0) is 4.79 Å². The van der Waals surface area contributed by atoms with E-state index in [2.05, 4.69) is 4.99 Å². The summed E-state index contributed by atoms with van der Waals surface area (Å²) in [6, 6.07) is 11.2. The Morgan fingerprint density at radius 2 is 1.86 bits per heavy atom. The molecule has 2 heterocycles. The van der Waals surface area contributed by atoms with Crippen LogP contribution in [0.2, 0.25) is 5.02 Å². The summed E-state index contributed by atoms with van der Waals surface area (Å²) in [7, 11) is 0. The van der Waals surface area contributed by atoms with E-state index in [1.54, 1.807) is 49.1 Å². The number of nitro groups is 1. The third-order valence-electron chi connectivity index (χ3n) is 6.22. The number of thiazole rings is 1. The highest BCUT2D eigenvalue weighted by molar-refractivity contribution is 7.07. The molecule has 0 fully saturated rings. The number of nitro benzene ring substituents is 1. The summed E-state index contributed by atoms with van der Waals surface area (Å²) in [4.78, 5) is 45.0. The summed E-state index contributed by atoms with van der Waals surface area (Å²) in [5.41, 5.74) is 2.46. The molecule has 36 heavy (non-hydrogen) atoms. The maximum atomic E-state index is 13.7. The van der Waals surface area contributed by atoms with Gasteiger partial charge in [0.2, 0.25) is 0 Å². The number of benzene rings is 2. The number of halogens is 1. The van der Waals surface area contributed by atoms with Crippen molar-refractivity contribution >= 4 is 40.6 Å². The number of nitrogens with zero attached hydrogens (tertiary/aromatic N) is 4. The fraction of sp³-hybridized carbons (Fsp3) is 0.269. The number of rotatable bonds is 6. The molecule has 0 N–H and O–H groups in total. The van der Waals surface area contributed by atoms with Crippen molar-refractivity contribution in [3.05, 3.63) is 105 Å². The summed E-state index contributed by atoms with van der Waals surface area (Å²) in [5, 5.41) is 11.9. The third kappa shape index (κ3) is 4.64. The molecule has 0 saturated heterocycles. The van der Waals surface area contributed by atoms with Gasteiger partial charge in [-0.3, -0.25) is 24.3 Å². The molecule has 4 rings (SSSR count). The van der Waals surface area contributed by atoms with E-state index in [1.807, 2.05) is 26.0 Å². The Labute approximate surface area is 216 Å². The predicted molar refractivity (Wildman–Crippen MR) is 141 cm³/mol. The fourth-order valence-corrected chi connectivity index (χ4v) is 5.47. The van der Waals surface area contributed by atoms with E-state index < -0.39 is 11.0 Å². The second kappa shape index (κ2) is 10.2. The minimum atomic E-state index is -0.680. The topological polar surface area (TPSA) is 97.8 Å². The molecule has 0 aliphatic carbocycles. The van der Waals surface area contributed by atoms with Crippen molar-refractivity contribution in [3.63, 3.8) is 0 Å². The van der Waals surface area contributed by atoms with Gasteiger partial charge in [-0.15, -0.1) is 0 Å². The molecule has 1 aliphatic rings. The molecule has 1 atom stereocenters. The van der Waals surface area contributed by atoms with Crippen LogP contribution in [0, 0.1) is 17.0 Å². The van der Waals surface area contributed by atoms with Crippen molar-refractivity contribution in [2.24, 2.45) is 4.99 Å². The molecule has 1 aromatic heterocycles. The van der Waals surface area contributed by atoms with Crippen molar-refractivity contribution in [1.82, 2.24) is 9.47 Å². The first-order valence-corrected chi connectivity index (χ1v) is 12.7. The van der Waals surface area contributed by atoms with Crippen molar-refractivity contribution in [1.29, 1.82) is 0 Å². The molecule has 1 aliphatic heterocycles. The maximum Gasteiger partial charge on any atom is 0.272 e. The lowest BCUT2D eigenvalue weighted by molar-refractivity contribution is -0.385. The van der Waals surface area contributed by atoms with Gasteiger partial charge in [-0.05, 0) is 57.0 Å². The summed E-state index contributed by atoms with van der Waals surface area (Å²) in [6.07, 6.45) is 1.63. The first-order chi connectivity index (χ1) is 17.2. The van der Waals surface area contributed by atoms with Gasteiger partial charge in [0.1, 0.15) is 0 Å². The van der Waals surface area contributed by atoms with Crippen LogP contribution in [0.4, 0.5) is 5.69 Å². The minimum Gasteiger partial charge on any atom is -0.339 e. The molecule has 0 saturated carbocycles. The van der Waals surface area contributed by atoms with Gasteiger partial charge in [0.15, 0.2) is 4.80 Å². The van der Waals surface area contributed by atoms with E-state index in [0.29, 0.717) is 49.8 Å². The molecule has 10 heteroatoms. The largest absolute Gasteiger partial charge is 0.339 e. The lowest BCUT2D eigenvalue weighted by Crippen LogP contribution is -2.43. The van der Waals surface area contributed by atoms with Crippen LogP contribution in [0.3, 0.4) is 0 Å². The first kappa shape index (κ1) is 25.5. The molecule has 0 spiro atoms. The molecular weight excluding hydrogens is 500 g/mol. The molecule has 8 nitrogen and oxygen atoms in total. The lowest BCUT2D eigenvalue weighted by atomic mass is 9.94. The molecular formula is C26H25ClN4O4S. The molecule has 0 bridgehead atoms. The van der Waals surface area contributed by atoms with Crippen molar-refractivity contribution < 1.29 is 9.72 Å². The molecule has 186 valence electrons. The van der Waals surface area contributed by atoms with Crippen LogP contribution in [0.5, 0.6) is 0 Å². The number of likely N-dealkylation sites (N-methyl/N-ethyl adjacent to an activating group) is 1. The highest BCUT2D eigenvalue weighted by atomic mass is 35.5. The zero-order valence-electron chi connectivity index (χ0n) is 20.3. The maximum absolute atomic E-state index is 13.7. The van der Waals surface area contributed by atoms with Crippen molar-refractivity contribution in [2.45, 2.75) is 33.7 Å². The van der Waals surface area contributed by atoms with E-state index in [9.17, 15) is 19.7 Å². The number of carbonyl (C=O) groups is 1. The van der Waals surface area contributed by atoms with Gasteiger partial charge in [0.05, 0.1) is 26.8 Å². The number of allylic oxidation sites excluding steroid dienone is 1. The summed E-state index contributed by atoms with van der Waals surface area (Å²) in [6.45, 7) is 8.31. The Morgan fingerprint density at radius 1 is 1.19 bits per heavy atom. The highest BCUT2D eigenvalue weighted by Crippen LogP contribution is 2.31. The van der Waals surface area contributed by atoms with E-state index in [-0.39, 0.29) is 17.2 Å². The van der Waals surface area contributed by atoms with Crippen LogP contribution in [0.15, 0.2) is 63.5 Å². The number of carbonyl (C=O) groups excluding carboxylic acids is 1. The SMILES string of the molecule is CCN(CC)C(=O)C1=C(C)N=c2s/c(=C\c3ccc(C)c([N+](=O)[O-])c3)c(=O)n2[C@@H]1c1ccc(Cl)cc1. The van der Waals surface area contributed by atoms with Gasteiger partial charge in [-0.2, -0.15) is 0 Å². The lowest BCUT2D eigenvalue weighted by Gasteiger charge is -2.29. The first-order valence-electron chi connectivity index (χ1n) is 11.5. The van der Waals surface area contributed by atoms with Crippen molar-refractivity contribution in [2.75, 3.05) is 13.1 Å². The number of amides is 1. The monoisotopic (exact) mass is 524 g/mol. The quantitative estimate of drug-likeness (QED) is 0.360. The second-order valence-electron chi connectivity index (χ2n) is 8.41. The molecule has 2 aromatic carbocycles. The minimum absolute atomic E-state index is 0.0153. The molecule has 0 radical (unpaired) electrons. The van der Waals surface area contributed by atoms with Gasteiger partial charge in [-0.1, -0.05) is 47.2 Å². The smallest absolute Gasteiger partial charge is 0.272 e. The average molecular weight is 525 g/mol. The summed E-state index contributed by atoms with van der Waals surface area (Å²) in [5.74, 6) is -0.176. The number of aryl methyl sites for hydroxylation is 1. The van der Waals surface area contributed by atoms with Gasteiger partial charge >= 0.3 is 0 Å². The number of fused-ring (bicyclic) bond motifs is 1. The fourth-order valence-electron chi connectivity index (χ4n) is 4.30. The van der Waals surface area contributed by atoms with Crippen LogP contribution in [0.25, 0.3) is 6.08 Å². The van der Waals surface area contributed by atoms with Crippen LogP contribution in [-0.4, -0.2) is 33.4 Å². The van der Waals surface area contributed by atoms with E-state index in [1.165, 1.54) is 22.0 Å². The Bertz CT molecular complexity index is 1570. The van der Waals surface area contributed by atoms with E-state index in [0.717, 1.165) is 5.56 Å². The average Bonchev–Trinajstić information content (AvgIpc) is 3.14. The van der Waals surface area contributed by atoms with Crippen LogP contribution >= 0.6 is 22.9 Å². The van der Waals surface area contributed by atoms with Gasteiger partial charge in [0, 0.05) is 29.7 Å². The van der Waals surface area contributed by atoms with E-state index in [4.69, 9.17) is 11.6 Å². The third-order valence-corrected chi connectivity index (χ3v) is 7.45. The number of hydrogen-bond donors (Lipinski definition) is 0. The highest BCUT2D eigenvalue weighted by Gasteiger charge is 2.34. The molecule has 1 amide bonds. The zero-order chi connectivity index (χ0) is 26.1. The Kier molecular flexibility index (Phi) is 7.23. The molecule has 3 aromatic rings. The Morgan fingerprint density at radius 3 is 2.47 bits per heavy atom. The van der Waals surface area contributed by atoms with Gasteiger partial charge < -0.3 is 4.90 Å². The Balaban J connectivity index is 1.95. The number of hydrogen-bond acceptors (Lipinski definition) is 6. The van der Waals surface area contributed by atoms with Gasteiger partial charge in [0.25, 0.3) is 17.2 Å². The summed E-state index contributed by atoms with van der Waals surface area (Å²) >= 11 is 7.31. The second-order valence-corrected chi connectivity index (χ2v) is 9.86. The van der Waals surface area contributed by atoms with Gasteiger partial charge in [-0.25, -0.2) is 4.99 Å². The van der Waals surface area contributed by atoms with Crippen LogP contribution in [0.1, 0.15) is 43.5 Å². The normalized spacial score (nSPS) is 15.5. The number of aromatic nitrogens is 1. The van der Waals surface area contributed by atoms with Crippen molar-refractivity contribution in [3.8, 4) is 0 Å². The van der Waals surface area contributed by atoms with E-state index >= 15 is 0 Å². The summed E-state index contributed by atoms with van der Waals surface area (Å²) < 4.78 is 1.90. The van der Waals surface area contributed by atoms with Crippen LogP contribution < -0.4 is 14.9 Å². The standard InChI is InChI=1S/C26H25ClN4O4S/c1-5-29(6-2)25(33)22-16(4)28-26-30(23(22)18-9-11-19(27)12-10-18)24(32)21(36-26)14-17-8-7-15(3)20(13-17)31(34)35/h7-14,23H,5-6H2,1-4H3/b21-14-/t23-/m1/s1. The Hall–Kier alpha value is -3.56. The molecule has 0 unspecified atom stereocenters.